The van der Waals surface area contributed by atoms with Crippen molar-refractivity contribution in [2.45, 2.75) is 5.60 Å². The van der Waals surface area contributed by atoms with Crippen molar-refractivity contribution >= 4 is 22.8 Å². The number of hydrogen-bond donors (Lipinski definition) is 1. The summed E-state index contributed by atoms with van der Waals surface area (Å²) >= 11 is 0. The van der Waals surface area contributed by atoms with Crippen molar-refractivity contribution in [2.24, 2.45) is 0 Å². The van der Waals surface area contributed by atoms with Gasteiger partial charge >= 0.3 is 0 Å². The SMILES string of the molecule is OC(C(=CC=Cc1ccccc1)n1nnc2ccccc21)(c1ccccc1)c1ccccc1. The standard InChI is InChI=1S/C29H23N3O/c33-29(24-16-6-2-7-17-24,25-18-8-3-9-19-25)28(22-12-15-23-13-4-1-5-14-23)32-27-21-11-10-20-26(27)30-31-32/h1-22,33H. The molecule has 0 unspecified atom stereocenters. The van der Waals surface area contributed by atoms with Gasteiger partial charge in [0.25, 0.3) is 0 Å². The number of hydrogen-bond acceptors (Lipinski definition) is 3. The van der Waals surface area contributed by atoms with Gasteiger partial charge in [-0.25, -0.2) is 4.68 Å². The summed E-state index contributed by atoms with van der Waals surface area (Å²) < 4.78 is 1.73. The number of para-hydroxylation sites is 1. The van der Waals surface area contributed by atoms with E-state index < -0.39 is 5.60 Å². The van der Waals surface area contributed by atoms with Crippen LogP contribution in [0.4, 0.5) is 0 Å². The van der Waals surface area contributed by atoms with Gasteiger partial charge in [0, 0.05) is 0 Å². The second-order valence-electron chi connectivity index (χ2n) is 7.75. The van der Waals surface area contributed by atoms with Gasteiger partial charge in [0.15, 0.2) is 5.60 Å². The third kappa shape index (κ3) is 4.00. The predicted octanol–water partition coefficient (Wildman–Crippen LogP) is 5.92. The van der Waals surface area contributed by atoms with Gasteiger partial charge in [0.2, 0.25) is 0 Å². The van der Waals surface area contributed by atoms with Crippen molar-refractivity contribution in [2.75, 3.05) is 0 Å². The van der Waals surface area contributed by atoms with Crippen LogP contribution in [0.1, 0.15) is 16.7 Å². The number of fused-ring (bicyclic) bond motifs is 1. The third-order valence-corrected chi connectivity index (χ3v) is 5.68. The van der Waals surface area contributed by atoms with Crippen LogP contribution in [-0.4, -0.2) is 20.1 Å². The Morgan fingerprint density at radius 1 is 0.697 bits per heavy atom. The first kappa shape index (κ1) is 20.6. The Hall–Kier alpha value is -4.28. The van der Waals surface area contributed by atoms with E-state index in [1.807, 2.05) is 133 Å². The molecule has 5 aromatic rings. The monoisotopic (exact) mass is 429 g/mol. The van der Waals surface area contributed by atoms with Crippen LogP contribution in [0.15, 0.2) is 127 Å². The summed E-state index contributed by atoms with van der Waals surface area (Å²) in [5.74, 6) is 0. The quantitative estimate of drug-likeness (QED) is 0.341. The normalized spacial score (nSPS) is 12.5. The Bertz CT molecular complexity index is 1370. The molecular weight excluding hydrogens is 406 g/mol. The Morgan fingerprint density at radius 2 is 1.24 bits per heavy atom. The van der Waals surface area contributed by atoms with E-state index in [9.17, 15) is 5.11 Å². The summed E-state index contributed by atoms with van der Waals surface area (Å²) in [4.78, 5) is 0. The lowest BCUT2D eigenvalue weighted by atomic mass is 9.83. The van der Waals surface area contributed by atoms with Crippen molar-refractivity contribution in [3.8, 4) is 0 Å². The molecule has 4 aromatic carbocycles. The number of nitrogens with zero attached hydrogens (tertiary/aromatic N) is 3. The van der Waals surface area contributed by atoms with Gasteiger partial charge in [0.1, 0.15) is 5.52 Å². The van der Waals surface area contributed by atoms with Crippen LogP contribution >= 0.6 is 0 Å². The highest BCUT2D eigenvalue weighted by molar-refractivity contribution is 5.81. The average molecular weight is 430 g/mol. The fraction of sp³-hybridized carbons (Fsp3) is 0.0345. The zero-order chi connectivity index (χ0) is 22.5. The Kier molecular flexibility index (Phi) is 5.66. The molecule has 0 atom stereocenters. The van der Waals surface area contributed by atoms with E-state index in [2.05, 4.69) is 10.3 Å². The molecule has 160 valence electrons. The minimum atomic E-state index is -1.46. The van der Waals surface area contributed by atoms with E-state index in [0.29, 0.717) is 5.70 Å². The minimum absolute atomic E-state index is 0.584. The number of aliphatic hydroxyl groups is 1. The van der Waals surface area contributed by atoms with Crippen molar-refractivity contribution in [3.63, 3.8) is 0 Å². The number of aromatic nitrogens is 3. The Morgan fingerprint density at radius 3 is 1.88 bits per heavy atom. The van der Waals surface area contributed by atoms with Gasteiger partial charge in [-0.1, -0.05) is 120 Å². The molecule has 0 bridgehead atoms. The molecule has 5 rings (SSSR count). The highest BCUT2D eigenvalue weighted by Crippen LogP contribution is 2.40. The summed E-state index contributed by atoms with van der Waals surface area (Å²) in [6.07, 6.45) is 5.86. The highest BCUT2D eigenvalue weighted by Gasteiger charge is 2.38. The maximum Gasteiger partial charge on any atom is 0.157 e. The van der Waals surface area contributed by atoms with Gasteiger partial charge in [-0.2, -0.15) is 0 Å². The Labute approximate surface area is 192 Å². The molecule has 0 aliphatic rings. The molecule has 1 aromatic heterocycles. The first-order valence-corrected chi connectivity index (χ1v) is 10.8. The van der Waals surface area contributed by atoms with Crippen LogP contribution in [0.2, 0.25) is 0 Å². The van der Waals surface area contributed by atoms with E-state index in [4.69, 9.17) is 0 Å². The summed E-state index contributed by atoms with van der Waals surface area (Å²) in [6, 6.07) is 37.2. The molecule has 0 fully saturated rings. The summed E-state index contributed by atoms with van der Waals surface area (Å²) in [5, 5.41) is 21.2. The zero-order valence-corrected chi connectivity index (χ0v) is 18.0. The van der Waals surface area contributed by atoms with Gasteiger partial charge in [-0.3, -0.25) is 0 Å². The van der Waals surface area contributed by atoms with E-state index in [0.717, 1.165) is 27.7 Å². The molecule has 0 spiro atoms. The first-order valence-electron chi connectivity index (χ1n) is 10.8. The molecule has 4 heteroatoms. The van der Waals surface area contributed by atoms with Crippen LogP contribution in [0.25, 0.3) is 22.8 Å². The number of rotatable bonds is 6. The van der Waals surface area contributed by atoms with Crippen LogP contribution < -0.4 is 0 Å². The van der Waals surface area contributed by atoms with Crippen LogP contribution in [0.3, 0.4) is 0 Å². The topological polar surface area (TPSA) is 50.9 Å². The molecule has 0 amide bonds. The van der Waals surface area contributed by atoms with E-state index in [1.54, 1.807) is 4.68 Å². The predicted molar refractivity (Wildman–Crippen MR) is 133 cm³/mol. The minimum Gasteiger partial charge on any atom is -0.374 e. The number of allylic oxidation sites excluding steroid dienone is 2. The summed E-state index contributed by atoms with van der Waals surface area (Å²) in [6.45, 7) is 0. The van der Waals surface area contributed by atoms with E-state index in [-0.39, 0.29) is 0 Å². The van der Waals surface area contributed by atoms with Crippen LogP contribution in [-0.2, 0) is 5.60 Å². The molecule has 1 heterocycles. The smallest absolute Gasteiger partial charge is 0.157 e. The van der Waals surface area contributed by atoms with Gasteiger partial charge < -0.3 is 5.11 Å². The first-order chi connectivity index (χ1) is 16.3. The second kappa shape index (κ2) is 9.07. The molecule has 0 saturated heterocycles. The van der Waals surface area contributed by atoms with E-state index >= 15 is 0 Å². The maximum absolute atomic E-state index is 12.5. The van der Waals surface area contributed by atoms with Crippen molar-refractivity contribution < 1.29 is 5.11 Å². The van der Waals surface area contributed by atoms with Crippen LogP contribution in [0.5, 0.6) is 0 Å². The third-order valence-electron chi connectivity index (χ3n) is 5.68. The molecule has 0 radical (unpaired) electrons. The van der Waals surface area contributed by atoms with E-state index in [1.165, 1.54) is 0 Å². The molecule has 0 saturated carbocycles. The van der Waals surface area contributed by atoms with Gasteiger partial charge in [-0.15, -0.1) is 5.10 Å². The number of benzene rings is 4. The maximum atomic E-state index is 12.5. The van der Waals surface area contributed by atoms with Crippen molar-refractivity contribution in [1.82, 2.24) is 15.0 Å². The highest BCUT2D eigenvalue weighted by atomic mass is 16.3. The fourth-order valence-electron chi connectivity index (χ4n) is 4.03. The lowest BCUT2D eigenvalue weighted by Gasteiger charge is -2.32. The molecule has 0 aliphatic heterocycles. The van der Waals surface area contributed by atoms with Crippen molar-refractivity contribution in [3.05, 3.63) is 144 Å². The molecule has 1 N–H and O–H groups in total. The van der Waals surface area contributed by atoms with Gasteiger partial charge in [0.05, 0.1) is 11.2 Å². The van der Waals surface area contributed by atoms with Gasteiger partial charge in [-0.05, 0) is 34.9 Å². The zero-order valence-electron chi connectivity index (χ0n) is 18.0. The largest absolute Gasteiger partial charge is 0.374 e. The summed E-state index contributed by atoms with van der Waals surface area (Å²) in [7, 11) is 0. The van der Waals surface area contributed by atoms with Crippen LogP contribution in [0, 0.1) is 0 Å². The second-order valence-corrected chi connectivity index (χ2v) is 7.75. The Balaban J connectivity index is 1.76. The molecule has 33 heavy (non-hydrogen) atoms. The lowest BCUT2D eigenvalue weighted by Crippen LogP contribution is -2.32. The molecule has 4 nitrogen and oxygen atoms in total. The molecule has 0 aliphatic carbocycles. The summed E-state index contributed by atoms with van der Waals surface area (Å²) in [5.41, 5.74) is 3.27. The van der Waals surface area contributed by atoms with Crippen molar-refractivity contribution in [1.29, 1.82) is 0 Å². The average Bonchev–Trinajstić information content (AvgIpc) is 3.32. The fourth-order valence-corrected chi connectivity index (χ4v) is 4.03. The molecular formula is C29H23N3O. The lowest BCUT2D eigenvalue weighted by molar-refractivity contribution is 0.138.